The number of nitrogens with zero attached hydrogens (tertiary/aromatic N) is 3. The lowest BCUT2D eigenvalue weighted by atomic mass is 9.89. The molecule has 0 saturated heterocycles. The van der Waals surface area contributed by atoms with Crippen molar-refractivity contribution in [3.63, 3.8) is 0 Å². The summed E-state index contributed by atoms with van der Waals surface area (Å²) in [5.74, 6) is 0. The molecule has 6 nitrogen and oxygen atoms in total. The van der Waals surface area contributed by atoms with Crippen molar-refractivity contribution in [3.05, 3.63) is 48.5 Å². The molecule has 1 heterocycles. The summed E-state index contributed by atoms with van der Waals surface area (Å²) in [5.41, 5.74) is 1.15. The van der Waals surface area contributed by atoms with Crippen LogP contribution in [0.15, 0.2) is 43.0 Å². The average Bonchev–Trinajstić information content (AvgIpc) is 3.20. The van der Waals surface area contributed by atoms with Gasteiger partial charge in [0.25, 0.3) is 0 Å². The maximum atomic E-state index is 12.5. The Kier molecular flexibility index (Phi) is 5.13. The maximum absolute atomic E-state index is 12.5. The van der Waals surface area contributed by atoms with Gasteiger partial charge in [0.1, 0.15) is 12.7 Å². The number of carbonyl (C=O) groups excluding carboxylic acids is 1. The molecule has 6 heteroatoms. The van der Waals surface area contributed by atoms with Gasteiger partial charge in [-0.05, 0) is 31.7 Å². The van der Waals surface area contributed by atoms with Gasteiger partial charge in [0.05, 0.1) is 6.54 Å². The van der Waals surface area contributed by atoms with Gasteiger partial charge in [0.2, 0.25) is 0 Å². The number of aromatic nitrogens is 3. The summed E-state index contributed by atoms with van der Waals surface area (Å²) in [4.78, 5) is 16.4. The quantitative estimate of drug-likeness (QED) is 0.856. The molecule has 1 aliphatic rings. The van der Waals surface area contributed by atoms with Gasteiger partial charge < -0.3 is 10.6 Å². The van der Waals surface area contributed by atoms with Gasteiger partial charge in [-0.3, -0.25) is 4.68 Å². The van der Waals surface area contributed by atoms with Crippen LogP contribution in [0.1, 0.15) is 38.2 Å². The van der Waals surface area contributed by atoms with Gasteiger partial charge in [-0.15, -0.1) is 0 Å². The van der Waals surface area contributed by atoms with Gasteiger partial charge in [-0.1, -0.05) is 43.2 Å². The summed E-state index contributed by atoms with van der Waals surface area (Å²) >= 11 is 0. The topological polar surface area (TPSA) is 71.8 Å². The van der Waals surface area contributed by atoms with E-state index in [9.17, 15) is 4.79 Å². The van der Waals surface area contributed by atoms with Crippen LogP contribution >= 0.6 is 0 Å². The third-order valence-electron chi connectivity index (χ3n) is 4.63. The molecular weight excluding hydrogens is 302 g/mol. The summed E-state index contributed by atoms with van der Waals surface area (Å²) in [7, 11) is 0. The first-order chi connectivity index (χ1) is 11.7. The van der Waals surface area contributed by atoms with Gasteiger partial charge >= 0.3 is 6.03 Å². The predicted molar refractivity (Wildman–Crippen MR) is 92.5 cm³/mol. The zero-order valence-corrected chi connectivity index (χ0v) is 14.1. The normalized spacial score (nSPS) is 17.4. The van der Waals surface area contributed by atoms with Gasteiger partial charge in [0.15, 0.2) is 0 Å². The number of hydrogen-bond acceptors (Lipinski definition) is 3. The Balaban J connectivity index is 1.57. The van der Waals surface area contributed by atoms with Crippen molar-refractivity contribution < 1.29 is 4.79 Å². The van der Waals surface area contributed by atoms with Crippen molar-refractivity contribution >= 4 is 6.03 Å². The van der Waals surface area contributed by atoms with E-state index in [-0.39, 0.29) is 17.6 Å². The summed E-state index contributed by atoms with van der Waals surface area (Å²) in [5, 5.41) is 10.3. The standard InChI is InChI=1S/C18H25N5O/c1-15(12-23-14-19-13-20-23)21-17(24)22-18(9-5-6-10-18)11-16-7-3-2-4-8-16/h2-4,7-8,13-15H,5-6,9-12H2,1H3,(H2,21,22,24). The monoisotopic (exact) mass is 327 g/mol. The largest absolute Gasteiger partial charge is 0.334 e. The van der Waals surface area contributed by atoms with Crippen molar-refractivity contribution in [1.29, 1.82) is 0 Å². The molecule has 1 aliphatic carbocycles. The second-order valence-electron chi connectivity index (χ2n) is 6.77. The second kappa shape index (κ2) is 7.47. The Bertz CT molecular complexity index is 635. The summed E-state index contributed by atoms with van der Waals surface area (Å²) in [6.45, 7) is 2.58. The Morgan fingerprint density at radius 1 is 1.29 bits per heavy atom. The first kappa shape index (κ1) is 16.5. The van der Waals surface area contributed by atoms with Crippen molar-refractivity contribution in [2.75, 3.05) is 0 Å². The molecule has 24 heavy (non-hydrogen) atoms. The van der Waals surface area contributed by atoms with E-state index in [1.54, 1.807) is 11.0 Å². The molecule has 2 aromatic rings. The van der Waals surface area contributed by atoms with E-state index >= 15 is 0 Å². The van der Waals surface area contributed by atoms with E-state index in [2.05, 4.69) is 45.0 Å². The van der Waals surface area contributed by atoms with Gasteiger partial charge in [0, 0.05) is 11.6 Å². The van der Waals surface area contributed by atoms with Crippen LogP contribution in [0.25, 0.3) is 0 Å². The van der Waals surface area contributed by atoms with Crippen LogP contribution in [-0.4, -0.2) is 32.4 Å². The average molecular weight is 327 g/mol. The first-order valence-corrected chi connectivity index (χ1v) is 8.60. The molecular formula is C18H25N5O. The highest BCUT2D eigenvalue weighted by atomic mass is 16.2. The van der Waals surface area contributed by atoms with Crippen LogP contribution in [0.4, 0.5) is 4.79 Å². The highest BCUT2D eigenvalue weighted by molar-refractivity contribution is 5.75. The molecule has 0 aliphatic heterocycles. The van der Waals surface area contributed by atoms with Crippen LogP contribution in [0, 0.1) is 0 Å². The molecule has 0 bridgehead atoms. The highest BCUT2D eigenvalue weighted by Crippen LogP contribution is 2.32. The number of amides is 2. The van der Waals surface area contributed by atoms with E-state index in [4.69, 9.17) is 0 Å². The third kappa shape index (κ3) is 4.34. The molecule has 1 fully saturated rings. The smallest absolute Gasteiger partial charge is 0.315 e. The van der Waals surface area contributed by atoms with Gasteiger partial charge in [-0.2, -0.15) is 5.10 Å². The molecule has 1 aromatic heterocycles. The lowest BCUT2D eigenvalue weighted by Crippen LogP contribution is -2.54. The van der Waals surface area contributed by atoms with E-state index in [0.717, 1.165) is 19.3 Å². The van der Waals surface area contributed by atoms with Gasteiger partial charge in [-0.25, -0.2) is 9.78 Å². The SMILES string of the molecule is CC(Cn1cncn1)NC(=O)NC1(Cc2ccccc2)CCCC1. The van der Waals surface area contributed by atoms with Crippen molar-refractivity contribution in [2.45, 2.75) is 57.2 Å². The summed E-state index contributed by atoms with van der Waals surface area (Å²) in [6.07, 6.45) is 8.45. The zero-order valence-electron chi connectivity index (χ0n) is 14.1. The number of nitrogens with one attached hydrogen (secondary N) is 2. The van der Waals surface area contributed by atoms with Crippen molar-refractivity contribution in [3.8, 4) is 0 Å². The Hall–Kier alpha value is -2.37. The summed E-state index contributed by atoms with van der Waals surface area (Å²) in [6, 6.07) is 10.3. The molecule has 0 spiro atoms. The lowest BCUT2D eigenvalue weighted by molar-refractivity contribution is 0.219. The fourth-order valence-corrected chi connectivity index (χ4v) is 3.54. The van der Waals surface area contributed by atoms with E-state index in [1.165, 1.54) is 24.7 Å². The molecule has 1 unspecified atom stereocenters. The van der Waals surface area contributed by atoms with E-state index in [1.807, 2.05) is 13.0 Å². The van der Waals surface area contributed by atoms with Crippen molar-refractivity contribution in [2.24, 2.45) is 0 Å². The Morgan fingerprint density at radius 2 is 2.04 bits per heavy atom. The molecule has 128 valence electrons. The van der Waals surface area contributed by atoms with Crippen LogP contribution < -0.4 is 10.6 Å². The van der Waals surface area contributed by atoms with Crippen LogP contribution in [0.2, 0.25) is 0 Å². The molecule has 1 aromatic carbocycles. The molecule has 1 atom stereocenters. The van der Waals surface area contributed by atoms with E-state index < -0.39 is 0 Å². The highest BCUT2D eigenvalue weighted by Gasteiger charge is 2.35. The van der Waals surface area contributed by atoms with Crippen LogP contribution in [-0.2, 0) is 13.0 Å². The third-order valence-corrected chi connectivity index (χ3v) is 4.63. The first-order valence-electron chi connectivity index (χ1n) is 8.60. The van der Waals surface area contributed by atoms with E-state index in [0.29, 0.717) is 6.54 Å². The minimum atomic E-state index is -0.127. The molecule has 2 amide bonds. The fraction of sp³-hybridized carbons (Fsp3) is 0.500. The minimum absolute atomic E-state index is 0.0121. The lowest BCUT2D eigenvalue weighted by Gasteiger charge is -2.31. The fourth-order valence-electron chi connectivity index (χ4n) is 3.54. The molecule has 3 rings (SSSR count). The van der Waals surface area contributed by atoms with Crippen LogP contribution in [0.5, 0.6) is 0 Å². The molecule has 1 saturated carbocycles. The molecule has 2 N–H and O–H groups in total. The molecule has 0 radical (unpaired) electrons. The van der Waals surface area contributed by atoms with Crippen molar-refractivity contribution in [1.82, 2.24) is 25.4 Å². The number of benzene rings is 1. The number of urea groups is 1. The minimum Gasteiger partial charge on any atom is -0.334 e. The van der Waals surface area contributed by atoms with Crippen LogP contribution in [0.3, 0.4) is 0 Å². The number of rotatable bonds is 6. The zero-order chi connectivity index (χ0) is 16.8. The summed E-state index contributed by atoms with van der Waals surface area (Å²) < 4.78 is 1.72. The Morgan fingerprint density at radius 3 is 2.71 bits per heavy atom. The maximum Gasteiger partial charge on any atom is 0.315 e. The predicted octanol–water partition coefficient (Wildman–Crippen LogP) is 2.52. The Labute approximate surface area is 142 Å². The second-order valence-corrected chi connectivity index (χ2v) is 6.77. The number of hydrogen-bond donors (Lipinski definition) is 2. The number of carbonyl (C=O) groups is 1.